The minimum Gasteiger partial charge on any atom is -0.348 e. The second kappa shape index (κ2) is 7.22. The Morgan fingerprint density at radius 3 is 2.54 bits per heavy atom. The number of carbonyl (C=O) groups excluding carboxylic acids is 1. The van der Waals surface area contributed by atoms with Crippen LogP contribution in [0.2, 0.25) is 0 Å². The second-order valence-electron chi connectivity index (χ2n) is 5.61. The van der Waals surface area contributed by atoms with Crippen molar-refractivity contribution in [2.45, 2.75) is 33.7 Å². The molecule has 5 heteroatoms. The largest absolute Gasteiger partial charge is 0.348 e. The first kappa shape index (κ1) is 17.6. The molecular weight excluding hydrogens is 310 g/mol. The van der Waals surface area contributed by atoms with E-state index in [2.05, 4.69) is 0 Å². The molecule has 0 aliphatic rings. The molecule has 0 fully saturated rings. The summed E-state index contributed by atoms with van der Waals surface area (Å²) in [7, 11) is 0. The monoisotopic (exact) mass is 328 g/mol. The maximum atomic E-state index is 13.3. The fourth-order valence-corrected chi connectivity index (χ4v) is 2.66. The van der Waals surface area contributed by atoms with Gasteiger partial charge in [0.1, 0.15) is 11.6 Å². The Labute approximate surface area is 139 Å². The highest BCUT2D eigenvalue weighted by atomic mass is 19.2. The predicted octanol–water partition coefficient (Wildman–Crippen LogP) is 4.58. The molecule has 0 radical (unpaired) electrons. The van der Waals surface area contributed by atoms with Gasteiger partial charge in [0.15, 0.2) is 11.6 Å². The molecule has 3 nitrogen and oxygen atoms in total. The van der Waals surface area contributed by atoms with Gasteiger partial charge in [-0.25, -0.2) is 8.78 Å². The molecule has 0 atom stereocenters. The van der Waals surface area contributed by atoms with Crippen LogP contribution < -0.4 is 0 Å². The van der Waals surface area contributed by atoms with Crippen LogP contribution in [0.3, 0.4) is 0 Å². The topological polar surface area (TPSA) is 45.8 Å². The first-order valence-corrected chi connectivity index (χ1v) is 7.67. The molecule has 1 aromatic heterocycles. The van der Waals surface area contributed by atoms with E-state index in [-0.39, 0.29) is 11.1 Å². The number of halogens is 2. The van der Waals surface area contributed by atoms with E-state index >= 15 is 0 Å². The summed E-state index contributed by atoms with van der Waals surface area (Å²) in [5.41, 5.74) is 2.35. The molecule has 1 aromatic carbocycles. The number of benzene rings is 1. The molecule has 2 aromatic rings. The SMILES string of the molecule is CCCn1c(C)cc(C(=O)/C(C#N)=C/c2ccc(F)c(F)c2)c1C. The zero-order valence-electron chi connectivity index (χ0n) is 13.9. The molecule has 0 saturated heterocycles. The third kappa shape index (κ3) is 3.43. The fourth-order valence-electron chi connectivity index (χ4n) is 2.66. The lowest BCUT2D eigenvalue weighted by Gasteiger charge is -2.07. The molecule has 0 amide bonds. The first-order chi connectivity index (χ1) is 11.4. The standard InChI is InChI=1S/C19H18F2N2O/c1-4-7-23-12(2)8-16(13(23)3)19(24)15(11-22)9-14-5-6-17(20)18(21)10-14/h5-6,8-10H,4,7H2,1-3H3/b15-9+. The van der Waals surface area contributed by atoms with Crippen molar-refractivity contribution >= 4 is 11.9 Å². The zero-order valence-corrected chi connectivity index (χ0v) is 13.9. The summed E-state index contributed by atoms with van der Waals surface area (Å²) < 4.78 is 28.3. The molecule has 24 heavy (non-hydrogen) atoms. The Morgan fingerprint density at radius 2 is 1.96 bits per heavy atom. The number of ketones is 1. The summed E-state index contributed by atoms with van der Waals surface area (Å²) in [6, 6.07) is 6.86. The molecule has 0 aliphatic heterocycles. The van der Waals surface area contributed by atoms with Crippen molar-refractivity contribution in [1.29, 1.82) is 5.26 Å². The van der Waals surface area contributed by atoms with Crippen molar-refractivity contribution in [2.24, 2.45) is 0 Å². The average Bonchev–Trinajstić information content (AvgIpc) is 2.83. The molecule has 1 heterocycles. The minimum absolute atomic E-state index is 0.113. The van der Waals surface area contributed by atoms with E-state index in [1.54, 1.807) is 6.07 Å². The maximum Gasteiger partial charge on any atom is 0.205 e. The zero-order chi connectivity index (χ0) is 17.9. The number of carbonyl (C=O) groups is 1. The van der Waals surface area contributed by atoms with Crippen LogP contribution in [0.25, 0.3) is 6.08 Å². The van der Waals surface area contributed by atoms with E-state index in [1.165, 1.54) is 12.1 Å². The van der Waals surface area contributed by atoms with Gasteiger partial charge in [-0.3, -0.25) is 4.79 Å². The highest BCUT2D eigenvalue weighted by molar-refractivity contribution is 6.14. The lowest BCUT2D eigenvalue weighted by Crippen LogP contribution is -2.06. The molecule has 0 aliphatic carbocycles. The molecular formula is C19H18F2N2O. The highest BCUT2D eigenvalue weighted by Crippen LogP contribution is 2.21. The quantitative estimate of drug-likeness (QED) is 0.458. The fraction of sp³-hybridized carbons (Fsp3) is 0.263. The van der Waals surface area contributed by atoms with E-state index in [1.807, 2.05) is 31.4 Å². The second-order valence-corrected chi connectivity index (χ2v) is 5.61. The van der Waals surface area contributed by atoms with Crippen LogP contribution >= 0.6 is 0 Å². The Balaban J connectivity index is 2.43. The first-order valence-electron chi connectivity index (χ1n) is 7.67. The van der Waals surface area contributed by atoms with Gasteiger partial charge in [0.2, 0.25) is 5.78 Å². The number of aryl methyl sites for hydroxylation is 1. The van der Waals surface area contributed by atoms with Gasteiger partial charge in [0.05, 0.1) is 0 Å². The Hall–Kier alpha value is -2.74. The van der Waals surface area contributed by atoms with Crippen molar-refractivity contribution in [3.05, 3.63) is 64.0 Å². The van der Waals surface area contributed by atoms with Crippen LogP contribution in [-0.2, 0) is 6.54 Å². The number of rotatable bonds is 5. The van der Waals surface area contributed by atoms with Crippen molar-refractivity contribution in [1.82, 2.24) is 4.57 Å². The van der Waals surface area contributed by atoms with Crippen LogP contribution in [0, 0.1) is 36.8 Å². The van der Waals surface area contributed by atoms with Crippen molar-refractivity contribution in [3.8, 4) is 6.07 Å². The van der Waals surface area contributed by atoms with Crippen LogP contribution in [0.1, 0.15) is 40.7 Å². The van der Waals surface area contributed by atoms with Crippen molar-refractivity contribution in [2.75, 3.05) is 0 Å². The van der Waals surface area contributed by atoms with Crippen LogP contribution in [0.15, 0.2) is 29.8 Å². The summed E-state index contributed by atoms with van der Waals surface area (Å²) in [6.07, 6.45) is 2.20. The van der Waals surface area contributed by atoms with E-state index in [0.717, 1.165) is 36.5 Å². The van der Waals surface area contributed by atoms with E-state index in [9.17, 15) is 18.8 Å². The third-order valence-corrected chi connectivity index (χ3v) is 3.89. The normalized spacial score (nSPS) is 11.4. The number of allylic oxidation sites excluding steroid dienone is 1. The molecule has 0 spiro atoms. The predicted molar refractivity (Wildman–Crippen MR) is 88.5 cm³/mol. The summed E-state index contributed by atoms with van der Waals surface area (Å²) in [6.45, 7) is 6.58. The molecule has 2 rings (SSSR count). The van der Waals surface area contributed by atoms with E-state index in [4.69, 9.17) is 0 Å². The Morgan fingerprint density at radius 1 is 1.25 bits per heavy atom. The lowest BCUT2D eigenvalue weighted by atomic mass is 10.0. The summed E-state index contributed by atoms with van der Waals surface area (Å²) in [5, 5.41) is 9.30. The van der Waals surface area contributed by atoms with Crippen LogP contribution in [0.5, 0.6) is 0 Å². The summed E-state index contributed by atoms with van der Waals surface area (Å²) in [4.78, 5) is 12.7. The molecule has 124 valence electrons. The average molecular weight is 328 g/mol. The van der Waals surface area contributed by atoms with Crippen molar-refractivity contribution in [3.63, 3.8) is 0 Å². The van der Waals surface area contributed by atoms with Gasteiger partial charge in [-0.1, -0.05) is 13.0 Å². The molecule has 0 bridgehead atoms. The summed E-state index contributed by atoms with van der Waals surface area (Å²) >= 11 is 0. The van der Waals surface area contributed by atoms with Crippen LogP contribution in [-0.4, -0.2) is 10.4 Å². The van der Waals surface area contributed by atoms with Crippen LogP contribution in [0.4, 0.5) is 8.78 Å². The smallest absolute Gasteiger partial charge is 0.205 e. The number of nitrogens with zero attached hydrogens (tertiary/aromatic N) is 2. The molecule has 0 unspecified atom stereocenters. The minimum atomic E-state index is -1.02. The maximum absolute atomic E-state index is 13.3. The van der Waals surface area contributed by atoms with Gasteiger partial charge < -0.3 is 4.57 Å². The molecule has 0 saturated carbocycles. The van der Waals surface area contributed by atoms with Gasteiger partial charge in [-0.05, 0) is 50.1 Å². The Bertz CT molecular complexity index is 857. The van der Waals surface area contributed by atoms with Gasteiger partial charge in [-0.2, -0.15) is 5.26 Å². The van der Waals surface area contributed by atoms with Gasteiger partial charge >= 0.3 is 0 Å². The van der Waals surface area contributed by atoms with Gasteiger partial charge in [0.25, 0.3) is 0 Å². The highest BCUT2D eigenvalue weighted by Gasteiger charge is 2.19. The van der Waals surface area contributed by atoms with Gasteiger partial charge in [0, 0.05) is 23.5 Å². The lowest BCUT2D eigenvalue weighted by molar-refractivity contribution is 0.103. The van der Waals surface area contributed by atoms with E-state index < -0.39 is 17.4 Å². The summed E-state index contributed by atoms with van der Waals surface area (Å²) in [5.74, 6) is -2.41. The van der Waals surface area contributed by atoms with Crippen molar-refractivity contribution < 1.29 is 13.6 Å². The Kier molecular flexibility index (Phi) is 5.30. The molecule has 0 N–H and O–H groups in total. The number of hydrogen-bond donors (Lipinski definition) is 0. The number of Topliss-reactive ketones (excluding diaryl/α,β-unsaturated/α-hetero) is 1. The van der Waals surface area contributed by atoms with Gasteiger partial charge in [-0.15, -0.1) is 0 Å². The third-order valence-electron chi connectivity index (χ3n) is 3.89. The number of nitriles is 1. The number of aromatic nitrogens is 1. The number of hydrogen-bond acceptors (Lipinski definition) is 2. The van der Waals surface area contributed by atoms with E-state index in [0.29, 0.717) is 5.56 Å².